The zero-order chi connectivity index (χ0) is 25.0. The van der Waals surface area contributed by atoms with E-state index in [0.717, 1.165) is 6.07 Å². The smallest absolute Gasteiger partial charge is 0.355 e. The van der Waals surface area contributed by atoms with Gasteiger partial charge in [-0.1, -0.05) is 12.1 Å². The Morgan fingerprint density at radius 2 is 1.26 bits per heavy atom. The van der Waals surface area contributed by atoms with E-state index in [4.69, 9.17) is 0 Å². The van der Waals surface area contributed by atoms with E-state index in [2.05, 4.69) is 16.0 Å². The summed E-state index contributed by atoms with van der Waals surface area (Å²) in [6, 6.07) is 14.3. The van der Waals surface area contributed by atoms with E-state index in [0.29, 0.717) is 27.9 Å². The molecule has 0 fully saturated rings. The molecule has 0 radical (unpaired) electrons. The van der Waals surface area contributed by atoms with E-state index in [1.807, 2.05) is 0 Å². The third kappa shape index (κ3) is 5.61. The van der Waals surface area contributed by atoms with Crippen LogP contribution in [0.15, 0.2) is 60.7 Å². The van der Waals surface area contributed by atoms with E-state index in [1.165, 1.54) is 62.5 Å². The third-order valence-electron chi connectivity index (χ3n) is 5.06. The van der Waals surface area contributed by atoms with Crippen LogP contribution in [-0.2, 0) is 11.0 Å². The maximum absolute atomic E-state index is 13.7. The number of anilines is 2. The molecule has 0 aromatic heterocycles. The predicted octanol–water partition coefficient (Wildman–Crippen LogP) is 5.25. The number of carbonyl (C=O) groups excluding carboxylic acids is 3. The fourth-order valence-corrected chi connectivity index (χ4v) is 3.46. The number of hydrogen-bond donors (Lipinski definition) is 3. The molecule has 0 saturated carbocycles. The van der Waals surface area contributed by atoms with E-state index in [1.54, 1.807) is 13.0 Å². The summed E-state index contributed by atoms with van der Waals surface area (Å²) in [5, 5.41) is 7.56. The van der Waals surface area contributed by atoms with Crippen LogP contribution in [0.1, 0.15) is 38.8 Å². The van der Waals surface area contributed by atoms with Crippen LogP contribution < -0.4 is 16.0 Å². The summed E-state index contributed by atoms with van der Waals surface area (Å²) in [4.78, 5) is 35.4. The Hall–Kier alpha value is -4.14. The predicted molar refractivity (Wildman–Crippen MR) is 124 cm³/mol. The van der Waals surface area contributed by atoms with E-state index >= 15 is 0 Å². The largest absolute Gasteiger partial charge is 0.417 e. The average Bonchev–Trinajstić information content (AvgIpc) is 2.78. The number of halogens is 3. The van der Waals surface area contributed by atoms with Gasteiger partial charge in [-0.3, -0.25) is 14.4 Å². The molecule has 9 heteroatoms. The zero-order valence-corrected chi connectivity index (χ0v) is 18.6. The number of amides is 3. The van der Waals surface area contributed by atoms with Gasteiger partial charge in [0.25, 0.3) is 11.8 Å². The van der Waals surface area contributed by atoms with Crippen LogP contribution >= 0.6 is 0 Å². The highest BCUT2D eigenvalue weighted by Gasteiger charge is 2.34. The average molecular weight is 469 g/mol. The van der Waals surface area contributed by atoms with E-state index in [-0.39, 0.29) is 17.2 Å². The van der Waals surface area contributed by atoms with Crippen molar-refractivity contribution in [2.45, 2.75) is 20.0 Å². The van der Waals surface area contributed by atoms with Crippen molar-refractivity contribution in [2.24, 2.45) is 0 Å². The third-order valence-corrected chi connectivity index (χ3v) is 5.06. The Bertz CT molecular complexity index is 1250. The van der Waals surface area contributed by atoms with Crippen molar-refractivity contribution in [3.05, 3.63) is 82.9 Å². The maximum atomic E-state index is 13.7. The molecule has 3 amide bonds. The van der Waals surface area contributed by atoms with Gasteiger partial charge in [0.1, 0.15) is 0 Å². The molecule has 0 heterocycles. The van der Waals surface area contributed by atoms with E-state index in [9.17, 15) is 27.6 Å². The lowest BCUT2D eigenvalue weighted by atomic mass is 9.94. The van der Waals surface area contributed by atoms with Gasteiger partial charge in [-0.15, -0.1) is 0 Å². The number of rotatable bonds is 5. The topological polar surface area (TPSA) is 87.3 Å². The molecule has 3 aromatic carbocycles. The lowest BCUT2D eigenvalue weighted by molar-refractivity contribution is -0.137. The van der Waals surface area contributed by atoms with Crippen LogP contribution in [-0.4, -0.2) is 24.8 Å². The summed E-state index contributed by atoms with van der Waals surface area (Å²) in [6.45, 7) is 2.86. The fraction of sp³-hybridized carbons (Fsp3) is 0.160. The molecule has 0 atom stereocenters. The van der Waals surface area contributed by atoms with Crippen molar-refractivity contribution >= 4 is 29.1 Å². The Kier molecular flexibility index (Phi) is 7.05. The number of aryl methyl sites for hydroxylation is 1. The SMILES string of the molecule is CNC(=O)c1ccc(C(=O)Nc2ccc(-c3ccc(NC(C)=O)cc3C(F)(F)F)c(C)c2)cc1. The van der Waals surface area contributed by atoms with Crippen LogP contribution in [0.3, 0.4) is 0 Å². The molecule has 34 heavy (non-hydrogen) atoms. The number of alkyl halides is 3. The molecule has 0 aliphatic heterocycles. The Morgan fingerprint density at radius 3 is 1.76 bits per heavy atom. The van der Waals surface area contributed by atoms with Gasteiger partial charge < -0.3 is 16.0 Å². The van der Waals surface area contributed by atoms with Gasteiger partial charge in [-0.2, -0.15) is 13.2 Å². The lowest BCUT2D eigenvalue weighted by Crippen LogP contribution is -2.18. The van der Waals surface area contributed by atoms with Gasteiger partial charge in [0.2, 0.25) is 5.91 Å². The second kappa shape index (κ2) is 9.78. The standard InChI is InChI=1S/C25H22F3N3O3/c1-14-12-18(31-24(34)17-6-4-16(5-7-17)23(33)29-3)8-10-20(14)21-11-9-19(30-15(2)32)13-22(21)25(26,27)28/h4-13H,1-3H3,(H,29,33)(H,30,32)(H,31,34). The Labute approximate surface area is 194 Å². The first-order valence-electron chi connectivity index (χ1n) is 10.2. The van der Waals surface area contributed by atoms with Crippen LogP contribution in [0, 0.1) is 6.92 Å². The Balaban J connectivity index is 1.87. The Morgan fingerprint density at radius 1 is 0.735 bits per heavy atom. The molecule has 3 N–H and O–H groups in total. The highest BCUT2D eigenvalue weighted by Crippen LogP contribution is 2.40. The monoisotopic (exact) mass is 469 g/mol. The molecule has 6 nitrogen and oxygen atoms in total. The summed E-state index contributed by atoms with van der Waals surface area (Å²) in [6.07, 6.45) is -4.63. The van der Waals surface area contributed by atoms with Gasteiger partial charge in [-0.25, -0.2) is 0 Å². The number of benzene rings is 3. The van der Waals surface area contributed by atoms with Crippen molar-refractivity contribution in [1.29, 1.82) is 0 Å². The lowest BCUT2D eigenvalue weighted by Gasteiger charge is -2.17. The fourth-order valence-electron chi connectivity index (χ4n) is 3.46. The first-order chi connectivity index (χ1) is 16.0. The highest BCUT2D eigenvalue weighted by molar-refractivity contribution is 6.05. The molecular formula is C25H22F3N3O3. The van der Waals surface area contributed by atoms with Gasteiger partial charge in [0.15, 0.2) is 0 Å². The van der Waals surface area contributed by atoms with Crippen molar-refractivity contribution < 1.29 is 27.6 Å². The highest BCUT2D eigenvalue weighted by atomic mass is 19.4. The van der Waals surface area contributed by atoms with Crippen LogP contribution in [0.2, 0.25) is 0 Å². The minimum atomic E-state index is -4.63. The summed E-state index contributed by atoms with van der Waals surface area (Å²) in [5.74, 6) is -1.17. The van der Waals surface area contributed by atoms with Crippen LogP contribution in [0.4, 0.5) is 24.5 Å². The van der Waals surface area contributed by atoms with E-state index < -0.39 is 23.6 Å². The molecule has 0 unspecified atom stereocenters. The summed E-state index contributed by atoms with van der Waals surface area (Å²) >= 11 is 0. The quantitative estimate of drug-likeness (QED) is 0.477. The first-order valence-corrected chi connectivity index (χ1v) is 10.2. The zero-order valence-electron chi connectivity index (χ0n) is 18.6. The number of hydrogen-bond acceptors (Lipinski definition) is 3. The first kappa shape index (κ1) is 24.5. The van der Waals surface area contributed by atoms with Crippen LogP contribution in [0.25, 0.3) is 11.1 Å². The van der Waals surface area contributed by atoms with Gasteiger partial charge in [0.05, 0.1) is 5.56 Å². The number of nitrogens with one attached hydrogen (secondary N) is 3. The summed E-state index contributed by atoms with van der Waals surface area (Å²) in [7, 11) is 1.50. The molecule has 0 aliphatic carbocycles. The minimum Gasteiger partial charge on any atom is -0.355 e. The molecule has 0 bridgehead atoms. The van der Waals surface area contributed by atoms with Gasteiger partial charge in [-0.05, 0) is 72.1 Å². The molecule has 3 aromatic rings. The second-order valence-electron chi connectivity index (χ2n) is 7.58. The molecule has 3 rings (SSSR count). The summed E-state index contributed by atoms with van der Waals surface area (Å²) < 4.78 is 41.2. The molecule has 0 spiro atoms. The molecule has 176 valence electrons. The number of carbonyl (C=O) groups is 3. The van der Waals surface area contributed by atoms with Gasteiger partial charge >= 0.3 is 6.18 Å². The second-order valence-corrected chi connectivity index (χ2v) is 7.58. The van der Waals surface area contributed by atoms with Gasteiger partial charge in [0, 0.05) is 36.5 Å². The van der Waals surface area contributed by atoms with Crippen molar-refractivity contribution in [3.63, 3.8) is 0 Å². The van der Waals surface area contributed by atoms with Crippen LogP contribution in [0.5, 0.6) is 0 Å². The molecule has 0 aliphatic rings. The minimum absolute atomic E-state index is 0.0400. The maximum Gasteiger partial charge on any atom is 0.417 e. The normalized spacial score (nSPS) is 11.0. The van der Waals surface area contributed by atoms with Crippen molar-refractivity contribution in [2.75, 3.05) is 17.7 Å². The van der Waals surface area contributed by atoms with Crippen molar-refractivity contribution in [3.8, 4) is 11.1 Å². The molecular weight excluding hydrogens is 447 g/mol. The van der Waals surface area contributed by atoms with Crippen molar-refractivity contribution in [1.82, 2.24) is 5.32 Å². The summed E-state index contributed by atoms with van der Waals surface area (Å²) in [5.41, 5.74) is 1.13. The molecule has 0 saturated heterocycles.